The van der Waals surface area contributed by atoms with Crippen molar-refractivity contribution in [3.63, 3.8) is 0 Å². The molecule has 2 nitrogen and oxygen atoms in total. The molecule has 0 saturated heterocycles. The summed E-state index contributed by atoms with van der Waals surface area (Å²) in [5, 5.41) is 0. The van der Waals surface area contributed by atoms with E-state index < -0.39 is 0 Å². The Bertz CT molecular complexity index is 326. The van der Waals surface area contributed by atoms with Gasteiger partial charge in [-0.25, -0.2) is 0 Å². The minimum absolute atomic E-state index is 0.636. The summed E-state index contributed by atoms with van der Waals surface area (Å²) in [5.74, 6) is 0. The fourth-order valence-corrected chi connectivity index (χ4v) is 4.13. The molecule has 1 heterocycles. The summed E-state index contributed by atoms with van der Waals surface area (Å²) in [7, 11) is 0. The first-order valence-corrected chi connectivity index (χ1v) is 12.0. The SMILES string of the molecule is CCCCCCCCCCCCCCCN1C=CN(CC)C1CCCC. The van der Waals surface area contributed by atoms with Crippen LogP contribution in [0.4, 0.5) is 0 Å². The monoisotopic (exact) mass is 364 g/mol. The van der Waals surface area contributed by atoms with Crippen molar-refractivity contribution in [1.29, 1.82) is 0 Å². The largest absolute Gasteiger partial charge is 0.356 e. The number of hydrogen-bond acceptors (Lipinski definition) is 2. The third-order valence-corrected chi connectivity index (χ3v) is 5.92. The standard InChI is InChI=1S/C24H48N2/c1-4-7-9-10-11-12-13-14-15-16-17-18-19-21-26-23-22-25(6-3)24(26)20-8-5-2/h22-24H,4-21H2,1-3H3. The normalized spacial score (nSPS) is 16.8. The number of rotatable bonds is 18. The first-order chi connectivity index (χ1) is 12.8. The highest BCUT2D eigenvalue weighted by Gasteiger charge is 2.23. The van der Waals surface area contributed by atoms with Gasteiger partial charge in [0.2, 0.25) is 0 Å². The van der Waals surface area contributed by atoms with E-state index in [1.54, 1.807) is 0 Å². The van der Waals surface area contributed by atoms with Crippen molar-refractivity contribution in [2.24, 2.45) is 0 Å². The van der Waals surface area contributed by atoms with Gasteiger partial charge in [0.1, 0.15) is 6.17 Å². The molecule has 0 aromatic rings. The molecule has 1 aliphatic heterocycles. The van der Waals surface area contributed by atoms with Crippen LogP contribution in [-0.2, 0) is 0 Å². The van der Waals surface area contributed by atoms with E-state index in [0.29, 0.717) is 6.17 Å². The van der Waals surface area contributed by atoms with Crippen LogP contribution in [0.1, 0.15) is 124 Å². The molecular weight excluding hydrogens is 316 g/mol. The third kappa shape index (κ3) is 10.5. The molecule has 0 aliphatic carbocycles. The van der Waals surface area contributed by atoms with Gasteiger partial charge in [0.15, 0.2) is 0 Å². The first kappa shape index (κ1) is 23.4. The minimum Gasteiger partial charge on any atom is -0.356 e. The van der Waals surface area contributed by atoms with E-state index in [-0.39, 0.29) is 0 Å². The molecule has 0 aromatic carbocycles. The van der Waals surface area contributed by atoms with Crippen LogP contribution in [0.15, 0.2) is 12.4 Å². The zero-order chi connectivity index (χ0) is 18.9. The van der Waals surface area contributed by atoms with Gasteiger partial charge in [0.25, 0.3) is 0 Å². The zero-order valence-corrected chi connectivity index (χ0v) is 18.4. The molecule has 0 aromatic heterocycles. The van der Waals surface area contributed by atoms with E-state index in [2.05, 4.69) is 43.0 Å². The van der Waals surface area contributed by atoms with Crippen molar-refractivity contribution in [1.82, 2.24) is 9.80 Å². The van der Waals surface area contributed by atoms with Gasteiger partial charge in [-0.2, -0.15) is 0 Å². The predicted molar refractivity (Wildman–Crippen MR) is 117 cm³/mol. The molecule has 0 saturated carbocycles. The molecule has 1 unspecified atom stereocenters. The Morgan fingerprint density at radius 3 is 1.50 bits per heavy atom. The lowest BCUT2D eigenvalue weighted by Gasteiger charge is -2.32. The van der Waals surface area contributed by atoms with E-state index in [4.69, 9.17) is 0 Å². The molecule has 0 radical (unpaired) electrons. The van der Waals surface area contributed by atoms with Gasteiger partial charge in [0.05, 0.1) is 0 Å². The van der Waals surface area contributed by atoms with Crippen LogP contribution in [0, 0.1) is 0 Å². The maximum atomic E-state index is 2.59. The lowest BCUT2D eigenvalue weighted by Crippen LogP contribution is -2.38. The Balaban J connectivity index is 1.93. The van der Waals surface area contributed by atoms with Crippen LogP contribution in [0.3, 0.4) is 0 Å². The topological polar surface area (TPSA) is 6.48 Å². The highest BCUT2D eigenvalue weighted by molar-refractivity contribution is 4.96. The first-order valence-electron chi connectivity index (χ1n) is 12.0. The summed E-state index contributed by atoms with van der Waals surface area (Å²) < 4.78 is 0. The highest BCUT2D eigenvalue weighted by Crippen LogP contribution is 2.21. The molecule has 0 bridgehead atoms. The quantitative estimate of drug-likeness (QED) is 0.230. The minimum atomic E-state index is 0.636. The summed E-state index contributed by atoms with van der Waals surface area (Å²) in [4.78, 5) is 5.11. The summed E-state index contributed by atoms with van der Waals surface area (Å²) in [6, 6.07) is 0. The molecule has 0 N–H and O–H groups in total. The fraction of sp³-hybridized carbons (Fsp3) is 0.917. The molecule has 1 atom stereocenters. The summed E-state index contributed by atoms with van der Waals surface area (Å²) >= 11 is 0. The van der Waals surface area contributed by atoms with Crippen molar-refractivity contribution in [2.45, 2.75) is 130 Å². The van der Waals surface area contributed by atoms with Crippen LogP contribution in [0.2, 0.25) is 0 Å². The van der Waals surface area contributed by atoms with Crippen LogP contribution >= 0.6 is 0 Å². The maximum absolute atomic E-state index is 2.59. The Kier molecular flexibility index (Phi) is 14.8. The van der Waals surface area contributed by atoms with Gasteiger partial charge in [-0.3, -0.25) is 0 Å². The lowest BCUT2D eigenvalue weighted by atomic mass is 10.0. The van der Waals surface area contributed by atoms with E-state index >= 15 is 0 Å². The average Bonchev–Trinajstić information content (AvgIpc) is 3.05. The van der Waals surface area contributed by atoms with E-state index in [1.807, 2.05) is 0 Å². The van der Waals surface area contributed by atoms with Gasteiger partial charge < -0.3 is 9.80 Å². The molecule has 154 valence electrons. The van der Waals surface area contributed by atoms with E-state index in [9.17, 15) is 0 Å². The van der Waals surface area contributed by atoms with Gasteiger partial charge in [-0.05, 0) is 26.2 Å². The van der Waals surface area contributed by atoms with E-state index in [1.165, 1.54) is 109 Å². The predicted octanol–water partition coefficient (Wildman–Crippen LogP) is 7.70. The second-order valence-corrected chi connectivity index (χ2v) is 8.23. The molecule has 0 fully saturated rings. The Labute approximate surface area is 165 Å². The lowest BCUT2D eigenvalue weighted by molar-refractivity contribution is 0.143. The molecule has 26 heavy (non-hydrogen) atoms. The van der Waals surface area contributed by atoms with Crippen molar-refractivity contribution >= 4 is 0 Å². The van der Waals surface area contributed by atoms with E-state index in [0.717, 1.165) is 6.54 Å². The van der Waals surface area contributed by atoms with Crippen LogP contribution in [0.5, 0.6) is 0 Å². The Morgan fingerprint density at radius 2 is 1.00 bits per heavy atom. The van der Waals surface area contributed by atoms with Crippen LogP contribution in [0.25, 0.3) is 0 Å². The Hall–Kier alpha value is -0.660. The second kappa shape index (κ2) is 16.5. The average molecular weight is 365 g/mol. The van der Waals surface area contributed by atoms with Crippen molar-refractivity contribution in [3.05, 3.63) is 12.4 Å². The number of unbranched alkanes of at least 4 members (excludes halogenated alkanes) is 13. The summed E-state index contributed by atoms with van der Waals surface area (Å²) in [6.07, 6.45) is 28.0. The zero-order valence-electron chi connectivity index (χ0n) is 18.4. The molecule has 1 rings (SSSR count). The molecule has 0 amide bonds. The molecular formula is C24H48N2. The smallest absolute Gasteiger partial charge is 0.101 e. The second-order valence-electron chi connectivity index (χ2n) is 8.23. The molecule has 2 heteroatoms. The van der Waals surface area contributed by atoms with Gasteiger partial charge in [-0.15, -0.1) is 0 Å². The number of hydrogen-bond donors (Lipinski definition) is 0. The van der Waals surface area contributed by atoms with Gasteiger partial charge in [0, 0.05) is 25.5 Å². The van der Waals surface area contributed by atoms with Crippen LogP contribution in [-0.4, -0.2) is 29.1 Å². The summed E-state index contributed by atoms with van der Waals surface area (Å²) in [5.41, 5.74) is 0. The molecule has 0 spiro atoms. The van der Waals surface area contributed by atoms with Crippen LogP contribution < -0.4 is 0 Å². The van der Waals surface area contributed by atoms with Crippen molar-refractivity contribution in [2.75, 3.05) is 13.1 Å². The Morgan fingerprint density at radius 1 is 0.538 bits per heavy atom. The van der Waals surface area contributed by atoms with Gasteiger partial charge >= 0.3 is 0 Å². The van der Waals surface area contributed by atoms with Gasteiger partial charge in [-0.1, -0.05) is 97.3 Å². The van der Waals surface area contributed by atoms with Crippen molar-refractivity contribution < 1.29 is 0 Å². The number of nitrogens with zero attached hydrogens (tertiary/aromatic N) is 2. The fourth-order valence-electron chi connectivity index (χ4n) is 4.13. The maximum Gasteiger partial charge on any atom is 0.101 e. The molecule has 1 aliphatic rings. The van der Waals surface area contributed by atoms with Crippen molar-refractivity contribution in [3.8, 4) is 0 Å². The highest BCUT2D eigenvalue weighted by atomic mass is 15.4. The third-order valence-electron chi connectivity index (χ3n) is 5.92. The summed E-state index contributed by atoms with van der Waals surface area (Å²) in [6.45, 7) is 9.26.